The molecule has 2 nitrogen and oxygen atoms in total. The quantitative estimate of drug-likeness (QED) is 0.723. The Morgan fingerprint density at radius 3 is 2.71 bits per heavy atom. The molecule has 0 bridgehead atoms. The zero-order chi connectivity index (χ0) is 10.3. The van der Waals surface area contributed by atoms with Crippen molar-refractivity contribution in [3.63, 3.8) is 0 Å². The molecule has 0 unspecified atom stereocenters. The Morgan fingerprint density at radius 1 is 1.36 bits per heavy atom. The molecule has 1 amide bonds. The third kappa shape index (κ3) is 1.41. The van der Waals surface area contributed by atoms with Crippen molar-refractivity contribution in [3.05, 3.63) is 28.8 Å². The van der Waals surface area contributed by atoms with Crippen LogP contribution in [0.2, 0.25) is 0 Å². The molecule has 0 spiro atoms. The molecule has 1 aliphatic heterocycles. The zero-order valence-corrected chi connectivity index (χ0v) is 8.85. The maximum atomic E-state index is 11.2. The Hall–Kier alpha value is -1.31. The summed E-state index contributed by atoms with van der Waals surface area (Å²) in [6.07, 6.45) is 0.536. The Labute approximate surface area is 84.3 Å². The number of aryl methyl sites for hydroxylation is 1. The van der Waals surface area contributed by atoms with Gasteiger partial charge in [-0.3, -0.25) is 4.79 Å². The van der Waals surface area contributed by atoms with E-state index in [1.54, 1.807) is 0 Å². The second-order valence-corrected chi connectivity index (χ2v) is 4.25. The number of amides is 1. The van der Waals surface area contributed by atoms with Crippen LogP contribution in [0, 0.1) is 6.92 Å². The molecule has 0 atom stereocenters. The molecule has 1 aromatic rings. The molecule has 1 aromatic carbocycles. The number of carbonyl (C=O) groups is 1. The van der Waals surface area contributed by atoms with Crippen molar-refractivity contribution in [2.75, 3.05) is 5.32 Å². The third-order valence-electron chi connectivity index (χ3n) is 2.74. The minimum Gasteiger partial charge on any atom is -0.326 e. The van der Waals surface area contributed by atoms with Crippen molar-refractivity contribution >= 4 is 11.6 Å². The number of hydrogen-bond acceptors (Lipinski definition) is 1. The molecule has 0 aromatic heterocycles. The smallest absolute Gasteiger partial charge is 0.228 e. The summed E-state index contributed by atoms with van der Waals surface area (Å²) < 4.78 is 0. The molecule has 1 aliphatic rings. The summed E-state index contributed by atoms with van der Waals surface area (Å²) in [6.45, 7) is 6.45. The van der Waals surface area contributed by atoms with Gasteiger partial charge in [-0.1, -0.05) is 19.9 Å². The van der Waals surface area contributed by atoms with Crippen molar-refractivity contribution in [2.45, 2.75) is 33.1 Å². The molecule has 0 saturated heterocycles. The average Bonchev–Trinajstić information content (AvgIpc) is 2.42. The van der Waals surface area contributed by atoms with Gasteiger partial charge in [-0.25, -0.2) is 0 Å². The Balaban J connectivity index is 2.50. The second kappa shape index (κ2) is 3.12. The molecular formula is C12H15NO. The first kappa shape index (κ1) is 9.25. The molecule has 0 radical (unpaired) electrons. The van der Waals surface area contributed by atoms with E-state index < -0.39 is 0 Å². The van der Waals surface area contributed by atoms with Crippen LogP contribution in [0.3, 0.4) is 0 Å². The van der Waals surface area contributed by atoms with Gasteiger partial charge in [-0.2, -0.15) is 0 Å². The van der Waals surface area contributed by atoms with Crippen LogP contribution in [0.15, 0.2) is 12.1 Å². The van der Waals surface area contributed by atoms with Gasteiger partial charge in [0.25, 0.3) is 0 Å². The Bertz CT molecular complexity index is 394. The van der Waals surface area contributed by atoms with Crippen LogP contribution in [0.25, 0.3) is 0 Å². The third-order valence-corrected chi connectivity index (χ3v) is 2.74. The van der Waals surface area contributed by atoms with E-state index in [4.69, 9.17) is 0 Å². The van der Waals surface area contributed by atoms with Crippen molar-refractivity contribution in [3.8, 4) is 0 Å². The van der Waals surface area contributed by atoms with Crippen LogP contribution in [-0.2, 0) is 11.2 Å². The molecule has 14 heavy (non-hydrogen) atoms. The lowest BCUT2D eigenvalue weighted by molar-refractivity contribution is -0.115. The Morgan fingerprint density at radius 2 is 2.07 bits per heavy atom. The van der Waals surface area contributed by atoms with Crippen LogP contribution in [-0.4, -0.2) is 5.91 Å². The van der Waals surface area contributed by atoms with Crippen molar-refractivity contribution in [1.82, 2.24) is 0 Å². The maximum Gasteiger partial charge on any atom is 0.228 e. The van der Waals surface area contributed by atoms with Gasteiger partial charge in [-0.15, -0.1) is 0 Å². The number of rotatable bonds is 1. The topological polar surface area (TPSA) is 29.1 Å². The summed E-state index contributed by atoms with van der Waals surface area (Å²) in [4.78, 5) is 11.2. The summed E-state index contributed by atoms with van der Waals surface area (Å²) in [5, 5.41) is 2.88. The van der Waals surface area contributed by atoms with Gasteiger partial charge < -0.3 is 5.32 Å². The van der Waals surface area contributed by atoms with Crippen LogP contribution in [0.4, 0.5) is 5.69 Å². The normalized spacial score (nSPS) is 14.4. The van der Waals surface area contributed by atoms with Crippen molar-refractivity contribution in [1.29, 1.82) is 0 Å². The summed E-state index contributed by atoms with van der Waals surface area (Å²) in [6, 6.07) is 4.24. The zero-order valence-electron chi connectivity index (χ0n) is 8.85. The van der Waals surface area contributed by atoms with E-state index in [1.165, 1.54) is 11.1 Å². The lowest BCUT2D eigenvalue weighted by Crippen LogP contribution is -2.03. The summed E-state index contributed by atoms with van der Waals surface area (Å²) in [7, 11) is 0. The van der Waals surface area contributed by atoms with Gasteiger partial charge in [0.05, 0.1) is 6.42 Å². The standard InChI is InChI=1S/C12H15NO/c1-7(2)10-6-11-9(4-8(10)3)5-12(14)13-11/h4,6-7H,5H2,1-3H3,(H,13,14). The molecule has 1 heterocycles. The van der Waals surface area contributed by atoms with Gasteiger partial charge in [-0.05, 0) is 35.6 Å². The number of fused-ring (bicyclic) bond motifs is 1. The van der Waals surface area contributed by atoms with Crippen molar-refractivity contribution in [2.24, 2.45) is 0 Å². The predicted octanol–water partition coefficient (Wildman–Crippen LogP) is 2.61. The van der Waals surface area contributed by atoms with Crippen LogP contribution >= 0.6 is 0 Å². The van der Waals surface area contributed by atoms with Gasteiger partial charge in [0.2, 0.25) is 5.91 Å². The van der Waals surface area contributed by atoms with E-state index in [0.29, 0.717) is 12.3 Å². The van der Waals surface area contributed by atoms with E-state index in [9.17, 15) is 4.79 Å². The minimum absolute atomic E-state index is 0.111. The number of carbonyl (C=O) groups excluding carboxylic acids is 1. The highest BCUT2D eigenvalue weighted by atomic mass is 16.1. The molecule has 1 N–H and O–H groups in total. The number of nitrogens with one attached hydrogen (secondary N) is 1. The first-order valence-corrected chi connectivity index (χ1v) is 5.01. The van der Waals surface area contributed by atoms with Crippen molar-refractivity contribution < 1.29 is 4.79 Å². The summed E-state index contributed by atoms with van der Waals surface area (Å²) in [5.74, 6) is 0.623. The highest BCUT2D eigenvalue weighted by Crippen LogP contribution is 2.30. The molecular weight excluding hydrogens is 174 g/mol. The van der Waals surface area contributed by atoms with E-state index in [-0.39, 0.29) is 5.91 Å². The molecule has 74 valence electrons. The summed E-state index contributed by atoms with van der Waals surface area (Å²) >= 11 is 0. The van der Waals surface area contributed by atoms with Gasteiger partial charge >= 0.3 is 0 Å². The molecule has 0 saturated carbocycles. The van der Waals surface area contributed by atoms with Crippen LogP contribution < -0.4 is 5.32 Å². The minimum atomic E-state index is 0.111. The van der Waals surface area contributed by atoms with E-state index in [0.717, 1.165) is 11.3 Å². The van der Waals surface area contributed by atoms with E-state index in [1.807, 2.05) is 0 Å². The first-order chi connectivity index (χ1) is 6.58. The van der Waals surface area contributed by atoms with Gasteiger partial charge in [0.1, 0.15) is 0 Å². The SMILES string of the molecule is Cc1cc2c(cc1C(C)C)NC(=O)C2. The van der Waals surface area contributed by atoms with Crippen LogP contribution in [0.1, 0.15) is 36.5 Å². The fourth-order valence-electron chi connectivity index (χ4n) is 2.04. The highest BCUT2D eigenvalue weighted by molar-refractivity contribution is 5.99. The lowest BCUT2D eigenvalue weighted by Gasteiger charge is -2.11. The molecule has 2 rings (SSSR count). The highest BCUT2D eigenvalue weighted by Gasteiger charge is 2.19. The number of benzene rings is 1. The van der Waals surface area contributed by atoms with Crippen LogP contribution in [0.5, 0.6) is 0 Å². The second-order valence-electron chi connectivity index (χ2n) is 4.25. The largest absolute Gasteiger partial charge is 0.326 e. The molecule has 0 fully saturated rings. The number of anilines is 1. The maximum absolute atomic E-state index is 11.2. The van der Waals surface area contributed by atoms with Gasteiger partial charge in [0.15, 0.2) is 0 Å². The fourth-order valence-corrected chi connectivity index (χ4v) is 2.04. The molecule has 2 heteroatoms. The number of hydrogen-bond donors (Lipinski definition) is 1. The monoisotopic (exact) mass is 189 g/mol. The fraction of sp³-hybridized carbons (Fsp3) is 0.417. The van der Waals surface area contributed by atoms with E-state index in [2.05, 4.69) is 38.2 Å². The van der Waals surface area contributed by atoms with Gasteiger partial charge in [0, 0.05) is 5.69 Å². The summed E-state index contributed by atoms with van der Waals surface area (Å²) in [5.41, 5.74) is 4.75. The molecule has 0 aliphatic carbocycles. The predicted molar refractivity (Wildman–Crippen MR) is 57.6 cm³/mol. The average molecular weight is 189 g/mol. The first-order valence-electron chi connectivity index (χ1n) is 5.01. The Kier molecular flexibility index (Phi) is 2.06. The lowest BCUT2D eigenvalue weighted by atomic mass is 9.95. The van der Waals surface area contributed by atoms with E-state index >= 15 is 0 Å².